The highest BCUT2D eigenvalue weighted by atomic mass is 16.2. The number of anilines is 1. The van der Waals surface area contributed by atoms with E-state index in [2.05, 4.69) is 20.9 Å². The van der Waals surface area contributed by atoms with Gasteiger partial charge in [0.25, 0.3) is 5.56 Å². The molecule has 0 amide bonds. The van der Waals surface area contributed by atoms with Crippen LogP contribution in [0.3, 0.4) is 0 Å². The Hall–Kier alpha value is -4.19. The molecule has 0 spiro atoms. The molecule has 184 valence electrons. The summed E-state index contributed by atoms with van der Waals surface area (Å²) in [6, 6.07) is 9.79. The first-order valence-corrected chi connectivity index (χ1v) is 12.3. The number of allylic oxidation sites excluding steroid dienone is 2. The summed E-state index contributed by atoms with van der Waals surface area (Å²) in [6.07, 6.45) is 6.83. The lowest BCUT2D eigenvalue weighted by molar-refractivity contribution is 0.565. The van der Waals surface area contributed by atoms with E-state index in [4.69, 9.17) is 0 Å². The minimum Gasteiger partial charge on any atom is -0.357 e. The number of hydrogen-bond donors (Lipinski definition) is 0. The van der Waals surface area contributed by atoms with E-state index in [1.54, 1.807) is 13.2 Å². The van der Waals surface area contributed by atoms with Crippen LogP contribution in [0.15, 0.2) is 51.7 Å². The lowest BCUT2D eigenvalue weighted by Gasteiger charge is -2.30. The predicted molar refractivity (Wildman–Crippen MR) is 140 cm³/mol. The Morgan fingerprint density at radius 2 is 1.78 bits per heavy atom. The molecular weight excluding hydrogens is 454 g/mol. The van der Waals surface area contributed by atoms with Crippen LogP contribution in [0.1, 0.15) is 44.4 Å². The maximum Gasteiger partial charge on any atom is 0.331 e. The van der Waals surface area contributed by atoms with Crippen LogP contribution in [0.2, 0.25) is 0 Å². The molecule has 0 unspecified atom stereocenters. The monoisotopic (exact) mass is 483 g/mol. The zero-order chi connectivity index (χ0) is 25.4. The zero-order valence-corrected chi connectivity index (χ0v) is 20.9. The fourth-order valence-corrected chi connectivity index (χ4v) is 4.99. The summed E-state index contributed by atoms with van der Waals surface area (Å²) in [6.45, 7) is 6.07. The van der Waals surface area contributed by atoms with Gasteiger partial charge in [-0.25, -0.2) is 9.78 Å². The highest BCUT2D eigenvalue weighted by Gasteiger charge is 2.28. The molecule has 9 nitrogen and oxygen atoms in total. The van der Waals surface area contributed by atoms with Crippen LogP contribution in [0.25, 0.3) is 22.1 Å². The minimum absolute atomic E-state index is 0.00591. The summed E-state index contributed by atoms with van der Waals surface area (Å²) in [4.78, 5) is 38.6. The van der Waals surface area contributed by atoms with Crippen molar-refractivity contribution in [2.24, 2.45) is 7.05 Å². The van der Waals surface area contributed by atoms with E-state index in [1.807, 2.05) is 48.8 Å². The molecule has 9 heteroatoms. The summed E-state index contributed by atoms with van der Waals surface area (Å²) in [5.74, 6) is 0.722. The van der Waals surface area contributed by atoms with Crippen LogP contribution in [0.4, 0.5) is 5.82 Å². The molecule has 0 atom stereocenters. The standard InChI is InChI=1S/C27H29N7O2/c1-18(2)11-14-33-24-23(20(15-28)25(33)32-12-7-4-8-13-32)31(3)27(36)34(26(24)35)17-19-16-29-21-9-5-6-10-22(21)30-19/h5-6,9-11,16H,4,7-8,12-14,17H2,1-3H3. The molecule has 36 heavy (non-hydrogen) atoms. The van der Waals surface area contributed by atoms with Gasteiger partial charge in [-0.15, -0.1) is 0 Å². The summed E-state index contributed by atoms with van der Waals surface area (Å²) >= 11 is 0. The fourth-order valence-electron chi connectivity index (χ4n) is 4.99. The number of aryl methyl sites for hydroxylation is 1. The Labute approximate surface area is 208 Å². The van der Waals surface area contributed by atoms with E-state index in [0.717, 1.165) is 49.3 Å². The molecule has 1 fully saturated rings. The molecule has 1 aromatic carbocycles. The average molecular weight is 484 g/mol. The molecule has 5 rings (SSSR count). The highest BCUT2D eigenvalue weighted by molar-refractivity contribution is 5.90. The Kier molecular flexibility index (Phi) is 6.18. The van der Waals surface area contributed by atoms with Gasteiger partial charge in [0.05, 0.1) is 35.0 Å². The van der Waals surface area contributed by atoms with E-state index < -0.39 is 11.2 Å². The second-order valence-corrected chi connectivity index (χ2v) is 9.53. The third-order valence-corrected chi connectivity index (χ3v) is 6.78. The first-order valence-electron chi connectivity index (χ1n) is 12.3. The van der Waals surface area contributed by atoms with Crippen LogP contribution in [0.5, 0.6) is 0 Å². The zero-order valence-electron chi connectivity index (χ0n) is 20.9. The number of fused-ring (bicyclic) bond motifs is 2. The van der Waals surface area contributed by atoms with E-state index in [0.29, 0.717) is 34.4 Å². The number of nitriles is 1. The number of benzene rings is 1. The third-order valence-electron chi connectivity index (χ3n) is 6.78. The first kappa shape index (κ1) is 23.5. The van der Waals surface area contributed by atoms with Crippen molar-refractivity contribution in [1.29, 1.82) is 5.26 Å². The molecule has 1 aliphatic heterocycles. The molecule has 0 saturated carbocycles. The Morgan fingerprint density at radius 1 is 1.06 bits per heavy atom. The van der Waals surface area contributed by atoms with Crippen molar-refractivity contribution in [3.63, 3.8) is 0 Å². The van der Waals surface area contributed by atoms with Crippen LogP contribution in [-0.4, -0.2) is 36.8 Å². The summed E-state index contributed by atoms with van der Waals surface area (Å²) in [5.41, 5.74) is 3.29. The molecule has 1 aliphatic rings. The van der Waals surface area contributed by atoms with Crippen molar-refractivity contribution in [2.75, 3.05) is 18.0 Å². The number of aromatic nitrogens is 5. The van der Waals surface area contributed by atoms with Crippen LogP contribution < -0.4 is 16.1 Å². The van der Waals surface area contributed by atoms with Crippen molar-refractivity contribution in [3.05, 3.63) is 74.2 Å². The summed E-state index contributed by atoms with van der Waals surface area (Å²) in [7, 11) is 1.62. The quantitative estimate of drug-likeness (QED) is 0.404. The summed E-state index contributed by atoms with van der Waals surface area (Å²) in [5, 5.41) is 10.2. The van der Waals surface area contributed by atoms with Crippen molar-refractivity contribution in [3.8, 4) is 6.07 Å². The van der Waals surface area contributed by atoms with Gasteiger partial charge in [0, 0.05) is 26.7 Å². The van der Waals surface area contributed by atoms with Gasteiger partial charge in [-0.3, -0.25) is 18.9 Å². The molecule has 4 aromatic rings. The van der Waals surface area contributed by atoms with E-state index in [9.17, 15) is 14.9 Å². The minimum atomic E-state index is -0.483. The third kappa shape index (κ3) is 3.98. The van der Waals surface area contributed by atoms with Gasteiger partial charge in [-0.05, 0) is 45.2 Å². The molecule has 3 aromatic heterocycles. The van der Waals surface area contributed by atoms with Gasteiger partial charge >= 0.3 is 5.69 Å². The molecule has 0 N–H and O–H groups in total. The highest BCUT2D eigenvalue weighted by Crippen LogP contribution is 2.32. The SMILES string of the molecule is CC(C)=CCn1c(N2CCCCC2)c(C#N)c2c1c(=O)n(Cc1cnc3ccccc3n1)c(=O)n2C. The van der Waals surface area contributed by atoms with Gasteiger partial charge in [-0.1, -0.05) is 23.8 Å². The van der Waals surface area contributed by atoms with Crippen LogP contribution >= 0.6 is 0 Å². The topological polar surface area (TPSA) is 102 Å². The lowest BCUT2D eigenvalue weighted by Crippen LogP contribution is -2.40. The second kappa shape index (κ2) is 9.46. The van der Waals surface area contributed by atoms with Gasteiger partial charge in [0.2, 0.25) is 0 Å². The van der Waals surface area contributed by atoms with Gasteiger partial charge in [0.15, 0.2) is 0 Å². The van der Waals surface area contributed by atoms with E-state index in [-0.39, 0.29) is 6.54 Å². The van der Waals surface area contributed by atoms with Crippen molar-refractivity contribution >= 4 is 27.9 Å². The smallest absolute Gasteiger partial charge is 0.331 e. The second-order valence-electron chi connectivity index (χ2n) is 9.53. The summed E-state index contributed by atoms with van der Waals surface area (Å²) < 4.78 is 4.54. The number of para-hydroxylation sites is 2. The molecular formula is C27H29N7O2. The van der Waals surface area contributed by atoms with Crippen LogP contribution in [-0.2, 0) is 20.1 Å². The van der Waals surface area contributed by atoms with Gasteiger partial charge in [-0.2, -0.15) is 5.26 Å². The molecule has 1 saturated heterocycles. The average Bonchev–Trinajstić information content (AvgIpc) is 3.23. The molecule has 0 aliphatic carbocycles. The Morgan fingerprint density at radius 3 is 2.47 bits per heavy atom. The molecule has 4 heterocycles. The van der Waals surface area contributed by atoms with E-state index >= 15 is 0 Å². The number of hydrogen-bond acceptors (Lipinski definition) is 6. The first-order chi connectivity index (χ1) is 17.4. The molecule has 0 radical (unpaired) electrons. The predicted octanol–water partition coefficient (Wildman–Crippen LogP) is 3.32. The van der Waals surface area contributed by atoms with Crippen molar-refractivity contribution in [1.82, 2.24) is 23.7 Å². The normalized spacial score (nSPS) is 13.8. The number of rotatable bonds is 5. The maximum absolute atomic E-state index is 13.9. The van der Waals surface area contributed by atoms with Gasteiger partial charge < -0.3 is 9.47 Å². The van der Waals surface area contributed by atoms with Crippen molar-refractivity contribution < 1.29 is 0 Å². The largest absolute Gasteiger partial charge is 0.357 e. The van der Waals surface area contributed by atoms with E-state index in [1.165, 1.54) is 9.13 Å². The molecule has 0 bridgehead atoms. The van der Waals surface area contributed by atoms with Gasteiger partial charge in [0.1, 0.15) is 23.0 Å². The maximum atomic E-state index is 13.9. The number of nitrogens with zero attached hydrogens (tertiary/aromatic N) is 7. The fraction of sp³-hybridized carbons (Fsp3) is 0.370. The number of piperidine rings is 1. The Bertz CT molecular complexity index is 1660. The van der Waals surface area contributed by atoms with Crippen LogP contribution in [0, 0.1) is 11.3 Å². The lowest BCUT2D eigenvalue weighted by atomic mass is 10.1. The Balaban J connectivity index is 1.76. The van der Waals surface area contributed by atoms with Crippen molar-refractivity contribution in [2.45, 2.75) is 46.2 Å².